The molecular weight excluding hydrogens is 1070 g/mol. The molecule has 488 valence electrons. The Bertz CT molecular complexity index is 1840. The van der Waals surface area contributed by atoms with Crippen molar-refractivity contribution < 1.29 is 64.6 Å². The molecule has 12 unspecified atom stereocenters. The number of aliphatic hydroxyl groups is 8. The van der Waals surface area contributed by atoms with Gasteiger partial charge in [0.2, 0.25) is 5.91 Å². The van der Waals surface area contributed by atoms with Crippen LogP contribution < -0.4 is 5.32 Å². The van der Waals surface area contributed by atoms with Gasteiger partial charge in [0.1, 0.15) is 48.8 Å². The highest BCUT2D eigenvalue weighted by Gasteiger charge is 2.51. The quantitative estimate of drug-likeness (QED) is 0.0204. The Balaban J connectivity index is 1.63. The van der Waals surface area contributed by atoms with Gasteiger partial charge in [-0.1, -0.05) is 258 Å². The van der Waals surface area contributed by atoms with Gasteiger partial charge in [0.15, 0.2) is 12.6 Å². The van der Waals surface area contributed by atoms with Gasteiger partial charge in [-0.05, 0) is 83.5 Å². The predicted octanol–water partition coefficient (Wildman–Crippen LogP) is 13.2. The molecule has 14 heteroatoms. The molecule has 0 aromatic carbocycles. The predicted molar refractivity (Wildman–Crippen MR) is 345 cm³/mol. The van der Waals surface area contributed by atoms with Crippen molar-refractivity contribution >= 4 is 5.91 Å². The van der Waals surface area contributed by atoms with Gasteiger partial charge in [-0.3, -0.25) is 4.79 Å². The summed E-state index contributed by atoms with van der Waals surface area (Å²) in [7, 11) is 0. The highest BCUT2D eigenvalue weighted by atomic mass is 16.7. The SMILES string of the molecule is CC/C=C\C/C=C\C/C=C\C/C=C\C/C=C\C/C=C\C/C=C\C/C=C\CCCCCCCCCCCCCCC(=O)NC(COC1OC(CO)C(OC2OC(CO)C(O)C(O)C2O)C(O)C1O)C(O)/C=C/CCCCCCCCCCCCCC. The molecule has 0 aliphatic carbocycles. The number of rotatable bonds is 53. The largest absolute Gasteiger partial charge is 0.394 e. The van der Waals surface area contributed by atoms with Crippen molar-refractivity contribution in [1.29, 1.82) is 0 Å². The maximum atomic E-state index is 13.3. The molecule has 14 nitrogen and oxygen atoms in total. The first kappa shape index (κ1) is 77.7. The molecule has 0 saturated carbocycles. The molecule has 85 heavy (non-hydrogen) atoms. The van der Waals surface area contributed by atoms with Crippen molar-refractivity contribution in [3.8, 4) is 0 Å². The minimum Gasteiger partial charge on any atom is -0.394 e. The van der Waals surface area contributed by atoms with Crippen molar-refractivity contribution in [2.75, 3.05) is 19.8 Å². The third kappa shape index (κ3) is 39.3. The van der Waals surface area contributed by atoms with Crippen LogP contribution in [-0.4, -0.2) is 140 Å². The van der Waals surface area contributed by atoms with Crippen LogP contribution in [0, 0.1) is 0 Å². The summed E-state index contributed by atoms with van der Waals surface area (Å²) >= 11 is 0. The number of aliphatic hydroxyl groups excluding tert-OH is 8. The molecule has 0 bridgehead atoms. The molecule has 2 rings (SSSR count). The number of unbranched alkanes of at least 4 members (excludes halogenated alkanes) is 24. The molecule has 12 atom stereocenters. The van der Waals surface area contributed by atoms with Crippen molar-refractivity contribution in [1.82, 2.24) is 5.32 Å². The van der Waals surface area contributed by atoms with Crippen molar-refractivity contribution in [3.63, 3.8) is 0 Å². The zero-order valence-corrected chi connectivity index (χ0v) is 52.8. The van der Waals surface area contributed by atoms with E-state index in [0.29, 0.717) is 6.42 Å². The van der Waals surface area contributed by atoms with Crippen LogP contribution in [0.3, 0.4) is 0 Å². The molecule has 2 heterocycles. The first-order valence-electron chi connectivity index (χ1n) is 33.6. The zero-order chi connectivity index (χ0) is 61.6. The monoisotopic (exact) mass is 1200 g/mol. The molecule has 0 aromatic heterocycles. The summed E-state index contributed by atoms with van der Waals surface area (Å²) < 4.78 is 22.8. The Kier molecular flexibility index (Phi) is 50.1. The maximum absolute atomic E-state index is 13.3. The lowest BCUT2D eigenvalue weighted by Gasteiger charge is -2.46. The topological polar surface area (TPSA) is 228 Å². The average molecular weight is 1200 g/mol. The van der Waals surface area contributed by atoms with E-state index < -0.39 is 86.8 Å². The van der Waals surface area contributed by atoms with Crippen LogP contribution in [0.2, 0.25) is 0 Å². The van der Waals surface area contributed by atoms with E-state index >= 15 is 0 Å². The molecular formula is C71H121NO13. The summed E-state index contributed by atoms with van der Waals surface area (Å²) in [4.78, 5) is 13.3. The fraction of sp³-hybridized carbons (Fsp3) is 0.732. The van der Waals surface area contributed by atoms with Crippen molar-refractivity contribution in [2.24, 2.45) is 0 Å². The number of carbonyl (C=O) groups excluding carboxylic acids is 1. The van der Waals surface area contributed by atoms with Gasteiger partial charge < -0.3 is 65.1 Å². The minimum absolute atomic E-state index is 0.245. The molecule has 0 aromatic rings. The van der Waals surface area contributed by atoms with Gasteiger partial charge in [-0.25, -0.2) is 0 Å². The number of hydrogen-bond donors (Lipinski definition) is 9. The molecule has 0 radical (unpaired) electrons. The lowest BCUT2D eigenvalue weighted by atomic mass is 9.97. The van der Waals surface area contributed by atoms with Crippen LogP contribution >= 0.6 is 0 Å². The Morgan fingerprint density at radius 1 is 0.435 bits per heavy atom. The lowest BCUT2D eigenvalue weighted by Crippen LogP contribution is -2.65. The van der Waals surface area contributed by atoms with Crippen LogP contribution in [0.5, 0.6) is 0 Å². The van der Waals surface area contributed by atoms with Gasteiger partial charge >= 0.3 is 0 Å². The Morgan fingerprint density at radius 3 is 1.25 bits per heavy atom. The third-order valence-corrected chi connectivity index (χ3v) is 15.7. The van der Waals surface area contributed by atoms with E-state index in [2.05, 4.69) is 116 Å². The second-order valence-electron chi connectivity index (χ2n) is 23.2. The van der Waals surface area contributed by atoms with E-state index in [1.54, 1.807) is 6.08 Å². The summed E-state index contributed by atoms with van der Waals surface area (Å²) in [6, 6.07) is -0.921. The molecule has 2 fully saturated rings. The maximum Gasteiger partial charge on any atom is 0.220 e. The fourth-order valence-electron chi connectivity index (χ4n) is 10.4. The minimum atomic E-state index is -1.79. The van der Waals surface area contributed by atoms with Crippen LogP contribution in [0.25, 0.3) is 0 Å². The van der Waals surface area contributed by atoms with Gasteiger partial charge in [-0.15, -0.1) is 0 Å². The highest BCUT2D eigenvalue weighted by molar-refractivity contribution is 5.76. The number of ether oxygens (including phenoxy) is 4. The third-order valence-electron chi connectivity index (χ3n) is 15.7. The molecule has 2 aliphatic heterocycles. The van der Waals surface area contributed by atoms with E-state index in [4.69, 9.17) is 18.9 Å². The number of hydrogen-bond acceptors (Lipinski definition) is 13. The Hall–Kier alpha value is -3.35. The van der Waals surface area contributed by atoms with E-state index in [1.807, 2.05) is 6.08 Å². The summed E-state index contributed by atoms with van der Waals surface area (Å²) in [5.74, 6) is -0.245. The Morgan fingerprint density at radius 2 is 0.812 bits per heavy atom. The number of carbonyl (C=O) groups is 1. The lowest BCUT2D eigenvalue weighted by molar-refractivity contribution is -0.359. The molecule has 1 amide bonds. The summed E-state index contributed by atoms with van der Waals surface area (Å²) in [6.07, 6.45) is 61.4. The average Bonchev–Trinajstić information content (AvgIpc) is 3.65. The standard InChI is InChI=1S/C71H121NO13/c1-3-5-7-9-11-13-15-17-19-20-21-22-23-24-25-26-27-28-29-30-31-32-33-34-35-36-37-38-39-40-41-43-45-47-49-51-53-55-63(76)72-59(60(75)54-52-50-48-46-44-42-18-16-14-12-10-8-6-4-2)58-82-70-68(81)66(79)69(62(57-74)84-70)85-71-67(80)65(78)64(77)61(56-73)83-71/h5,7,11,13,17,19,21-22,24-25,27-28,30-31,33-34,52,54,59-62,64-71,73-75,77-81H,3-4,6,8-10,12,14-16,18,20,23,26,29,32,35-51,53,55-58H2,1-2H3,(H,72,76)/b7-5-,13-11-,19-17-,22-21-,25-24-,28-27-,31-30-,34-33-,54-52+. The summed E-state index contributed by atoms with van der Waals surface area (Å²) in [6.45, 7) is 2.67. The normalized spacial score (nSPS) is 24.3. The molecule has 0 spiro atoms. The smallest absolute Gasteiger partial charge is 0.220 e. The number of allylic oxidation sites excluding steroid dienone is 17. The summed E-state index contributed by atoms with van der Waals surface area (Å²) in [5.41, 5.74) is 0. The van der Waals surface area contributed by atoms with Crippen molar-refractivity contribution in [3.05, 3.63) is 109 Å². The van der Waals surface area contributed by atoms with E-state index in [-0.39, 0.29) is 18.9 Å². The molecule has 9 N–H and O–H groups in total. The highest BCUT2D eigenvalue weighted by Crippen LogP contribution is 2.30. The zero-order valence-electron chi connectivity index (χ0n) is 52.8. The molecule has 2 saturated heterocycles. The van der Waals surface area contributed by atoms with Crippen LogP contribution in [0.4, 0.5) is 0 Å². The molecule has 2 aliphatic rings. The van der Waals surface area contributed by atoms with Gasteiger partial charge in [-0.2, -0.15) is 0 Å². The van der Waals surface area contributed by atoms with E-state index in [0.717, 1.165) is 96.3 Å². The first-order valence-corrected chi connectivity index (χ1v) is 33.6. The van der Waals surface area contributed by atoms with Crippen molar-refractivity contribution in [2.45, 2.75) is 312 Å². The summed E-state index contributed by atoms with van der Waals surface area (Å²) in [5, 5.41) is 87.2. The Labute approximate surface area is 515 Å². The van der Waals surface area contributed by atoms with Gasteiger partial charge in [0, 0.05) is 6.42 Å². The number of nitrogens with one attached hydrogen (secondary N) is 1. The van der Waals surface area contributed by atoms with Gasteiger partial charge in [0.05, 0.1) is 32.0 Å². The van der Waals surface area contributed by atoms with Crippen LogP contribution in [0.1, 0.15) is 239 Å². The first-order chi connectivity index (χ1) is 41.6. The number of amides is 1. The van der Waals surface area contributed by atoms with Crippen LogP contribution in [0.15, 0.2) is 109 Å². The van der Waals surface area contributed by atoms with Crippen LogP contribution in [-0.2, 0) is 23.7 Å². The van der Waals surface area contributed by atoms with E-state index in [1.165, 1.54) is 116 Å². The second kappa shape index (κ2) is 54.8. The van der Waals surface area contributed by atoms with Gasteiger partial charge in [0.25, 0.3) is 0 Å². The fourth-order valence-corrected chi connectivity index (χ4v) is 10.4. The second-order valence-corrected chi connectivity index (χ2v) is 23.2. The van der Waals surface area contributed by atoms with E-state index in [9.17, 15) is 45.6 Å².